The Hall–Kier alpha value is -0.250. The molecule has 2 nitrogen and oxygen atoms in total. The van der Waals surface area contributed by atoms with Crippen LogP contribution in [0.5, 0.6) is 5.75 Å². The normalized spacial score (nSPS) is 10.4. The molecule has 0 saturated carbocycles. The molecule has 0 heterocycles. The number of benzene rings is 1. The van der Waals surface area contributed by atoms with E-state index in [1.807, 2.05) is 18.2 Å². The molecule has 90 valence electrons. The van der Waals surface area contributed by atoms with Gasteiger partial charge in [-0.15, -0.1) is 0 Å². The Balaban J connectivity index is 2.23. The van der Waals surface area contributed by atoms with Crippen molar-refractivity contribution in [3.05, 3.63) is 27.7 Å². The molecule has 1 rings (SSSR count). The molecule has 0 aromatic heterocycles. The quantitative estimate of drug-likeness (QED) is 0.772. The van der Waals surface area contributed by atoms with Gasteiger partial charge in [0.15, 0.2) is 0 Å². The third kappa shape index (κ3) is 5.19. The topological polar surface area (TPSA) is 21.3 Å². The molecule has 0 fully saturated rings. The highest BCUT2D eigenvalue weighted by Gasteiger charge is 2.01. The second-order valence-electron chi connectivity index (χ2n) is 3.53. The molecule has 0 aliphatic carbocycles. The monoisotopic (exact) mass is 305 g/mol. The zero-order chi connectivity index (χ0) is 11.8. The smallest absolute Gasteiger partial charge is 0.139 e. The van der Waals surface area contributed by atoms with Crippen molar-refractivity contribution in [2.75, 3.05) is 19.7 Å². The van der Waals surface area contributed by atoms with Gasteiger partial charge in [-0.2, -0.15) is 0 Å². The maximum atomic E-state index is 5.99. The summed E-state index contributed by atoms with van der Waals surface area (Å²) in [6.07, 6.45) is 2.42. The van der Waals surface area contributed by atoms with Crippen LogP contribution in [0.4, 0.5) is 0 Å². The Kier molecular flexibility index (Phi) is 6.85. The van der Waals surface area contributed by atoms with Crippen LogP contribution in [0.25, 0.3) is 0 Å². The van der Waals surface area contributed by atoms with Gasteiger partial charge in [0.05, 0.1) is 5.02 Å². The summed E-state index contributed by atoms with van der Waals surface area (Å²) >= 11 is 9.38. The van der Waals surface area contributed by atoms with Crippen LogP contribution in [-0.2, 0) is 0 Å². The fourth-order valence-corrected chi connectivity index (χ4v) is 1.76. The first-order valence-electron chi connectivity index (χ1n) is 5.52. The molecule has 0 amide bonds. The lowest BCUT2D eigenvalue weighted by Gasteiger charge is -2.09. The maximum absolute atomic E-state index is 5.99. The summed E-state index contributed by atoms with van der Waals surface area (Å²) in [4.78, 5) is 0. The van der Waals surface area contributed by atoms with E-state index in [2.05, 4.69) is 28.2 Å². The van der Waals surface area contributed by atoms with Gasteiger partial charge in [0.25, 0.3) is 0 Å². The van der Waals surface area contributed by atoms with Crippen molar-refractivity contribution in [3.8, 4) is 5.75 Å². The molecule has 0 spiro atoms. The number of hydrogen-bond donors (Lipinski definition) is 1. The highest BCUT2D eigenvalue weighted by atomic mass is 79.9. The number of hydrogen-bond acceptors (Lipinski definition) is 2. The summed E-state index contributed by atoms with van der Waals surface area (Å²) in [6.45, 7) is 4.72. The zero-order valence-corrected chi connectivity index (χ0v) is 11.8. The minimum atomic E-state index is 0.639. The summed E-state index contributed by atoms with van der Waals surface area (Å²) in [5.41, 5.74) is 0. The minimum absolute atomic E-state index is 0.639. The van der Waals surface area contributed by atoms with Gasteiger partial charge in [0, 0.05) is 11.0 Å². The van der Waals surface area contributed by atoms with E-state index in [0.717, 1.165) is 23.3 Å². The van der Waals surface area contributed by atoms with Gasteiger partial charge in [-0.05, 0) is 31.2 Å². The maximum Gasteiger partial charge on any atom is 0.139 e. The molecular weight excluding hydrogens is 289 g/mol. The minimum Gasteiger partial charge on any atom is -0.491 e. The van der Waals surface area contributed by atoms with E-state index in [0.29, 0.717) is 11.6 Å². The lowest BCUT2D eigenvalue weighted by molar-refractivity contribution is 0.314. The first-order chi connectivity index (χ1) is 7.74. The van der Waals surface area contributed by atoms with Gasteiger partial charge in [0.1, 0.15) is 12.4 Å². The predicted octanol–water partition coefficient (Wildman–Crippen LogP) is 3.87. The van der Waals surface area contributed by atoms with Crippen molar-refractivity contribution in [2.24, 2.45) is 0 Å². The first-order valence-corrected chi connectivity index (χ1v) is 6.69. The molecule has 0 unspecified atom stereocenters. The molecular formula is C12H17BrClNO. The van der Waals surface area contributed by atoms with Crippen LogP contribution in [0.3, 0.4) is 0 Å². The second-order valence-corrected chi connectivity index (χ2v) is 4.85. The van der Waals surface area contributed by atoms with Crippen LogP contribution in [0, 0.1) is 0 Å². The van der Waals surface area contributed by atoms with Gasteiger partial charge in [-0.25, -0.2) is 0 Å². The summed E-state index contributed by atoms with van der Waals surface area (Å²) in [7, 11) is 0. The first kappa shape index (κ1) is 13.8. The standard InChI is InChI=1S/C12H17BrClNO/c1-2-3-6-15-7-8-16-12-9-10(13)4-5-11(12)14/h4-5,9,15H,2-3,6-8H2,1H3. The summed E-state index contributed by atoms with van der Waals surface area (Å²) < 4.78 is 6.55. The van der Waals surface area contributed by atoms with E-state index in [9.17, 15) is 0 Å². The largest absolute Gasteiger partial charge is 0.491 e. The molecule has 0 atom stereocenters. The van der Waals surface area contributed by atoms with Crippen molar-refractivity contribution in [1.29, 1.82) is 0 Å². The Bertz CT molecular complexity index is 320. The van der Waals surface area contributed by atoms with Crippen molar-refractivity contribution < 1.29 is 4.74 Å². The third-order valence-corrected chi connectivity index (χ3v) is 2.94. The molecule has 0 aliphatic heterocycles. The van der Waals surface area contributed by atoms with Crippen LogP contribution in [0.1, 0.15) is 19.8 Å². The zero-order valence-electron chi connectivity index (χ0n) is 9.43. The van der Waals surface area contributed by atoms with E-state index in [1.165, 1.54) is 12.8 Å². The number of unbranched alkanes of at least 4 members (excludes halogenated alkanes) is 1. The van der Waals surface area contributed by atoms with E-state index >= 15 is 0 Å². The van der Waals surface area contributed by atoms with E-state index in [4.69, 9.17) is 16.3 Å². The average Bonchev–Trinajstić information content (AvgIpc) is 2.28. The molecule has 4 heteroatoms. The Morgan fingerprint density at radius 1 is 1.38 bits per heavy atom. The van der Waals surface area contributed by atoms with E-state index in [-0.39, 0.29) is 0 Å². The lowest BCUT2D eigenvalue weighted by Crippen LogP contribution is -2.22. The van der Waals surface area contributed by atoms with E-state index in [1.54, 1.807) is 0 Å². The van der Waals surface area contributed by atoms with Gasteiger partial charge < -0.3 is 10.1 Å². The molecule has 1 aromatic carbocycles. The van der Waals surface area contributed by atoms with Gasteiger partial charge in [-0.1, -0.05) is 40.9 Å². The highest BCUT2D eigenvalue weighted by Crippen LogP contribution is 2.27. The third-order valence-electron chi connectivity index (χ3n) is 2.14. The summed E-state index contributed by atoms with van der Waals surface area (Å²) in [5.74, 6) is 0.730. The van der Waals surface area contributed by atoms with Crippen molar-refractivity contribution in [3.63, 3.8) is 0 Å². The van der Waals surface area contributed by atoms with Gasteiger partial charge >= 0.3 is 0 Å². The van der Waals surface area contributed by atoms with Crippen molar-refractivity contribution in [2.45, 2.75) is 19.8 Å². The Morgan fingerprint density at radius 2 is 2.19 bits per heavy atom. The predicted molar refractivity (Wildman–Crippen MR) is 72.4 cm³/mol. The Labute approximate surface area is 110 Å². The molecule has 0 bridgehead atoms. The molecule has 16 heavy (non-hydrogen) atoms. The SMILES string of the molecule is CCCCNCCOc1cc(Br)ccc1Cl. The van der Waals surface area contributed by atoms with Gasteiger partial charge in [-0.3, -0.25) is 0 Å². The molecule has 1 aromatic rings. The second kappa shape index (κ2) is 7.93. The van der Waals surface area contributed by atoms with Gasteiger partial charge in [0.2, 0.25) is 0 Å². The molecule has 1 N–H and O–H groups in total. The summed E-state index contributed by atoms with van der Waals surface area (Å²) in [6, 6.07) is 5.61. The number of nitrogens with one attached hydrogen (secondary N) is 1. The molecule has 0 radical (unpaired) electrons. The fraction of sp³-hybridized carbons (Fsp3) is 0.500. The van der Waals surface area contributed by atoms with Crippen molar-refractivity contribution in [1.82, 2.24) is 5.32 Å². The van der Waals surface area contributed by atoms with Crippen molar-refractivity contribution >= 4 is 27.5 Å². The van der Waals surface area contributed by atoms with Crippen LogP contribution < -0.4 is 10.1 Å². The number of halogens is 2. The van der Waals surface area contributed by atoms with E-state index < -0.39 is 0 Å². The Morgan fingerprint density at radius 3 is 2.94 bits per heavy atom. The highest BCUT2D eigenvalue weighted by molar-refractivity contribution is 9.10. The average molecular weight is 307 g/mol. The lowest BCUT2D eigenvalue weighted by atomic mass is 10.3. The number of rotatable bonds is 7. The van der Waals surface area contributed by atoms with Crippen LogP contribution in [-0.4, -0.2) is 19.7 Å². The summed E-state index contributed by atoms with van der Waals surface area (Å²) in [5, 5.41) is 3.96. The fourth-order valence-electron chi connectivity index (χ4n) is 1.25. The van der Waals surface area contributed by atoms with Crippen LogP contribution in [0.15, 0.2) is 22.7 Å². The molecule has 0 saturated heterocycles. The van der Waals surface area contributed by atoms with Crippen LogP contribution >= 0.6 is 27.5 Å². The molecule has 0 aliphatic rings. The number of ether oxygens (including phenoxy) is 1. The van der Waals surface area contributed by atoms with Crippen LogP contribution in [0.2, 0.25) is 5.02 Å².